The van der Waals surface area contributed by atoms with Gasteiger partial charge in [-0.2, -0.15) is 0 Å². The molecule has 1 saturated heterocycles. The van der Waals surface area contributed by atoms with Crippen molar-refractivity contribution in [3.8, 4) is 0 Å². The Morgan fingerprint density at radius 1 is 1.13 bits per heavy atom. The molecule has 2 aromatic heterocycles. The van der Waals surface area contributed by atoms with Gasteiger partial charge in [-0.3, -0.25) is 4.79 Å². The molecule has 1 unspecified atom stereocenters. The quantitative estimate of drug-likeness (QED) is 0.426. The summed E-state index contributed by atoms with van der Waals surface area (Å²) in [6, 6.07) is 17.2. The van der Waals surface area contributed by atoms with Crippen molar-refractivity contribution in [3.63, 3.8) is 0 Å². The van der Waals surface area contributed by atoms with E-state index in [0.29, 0.717) is 36.2 Å². The van der Waals surface area contributed by atoms with E-state index in [1.807, 2.05) is 59.5 Å². The zero-order valence-electron chi connectivity index (χ0n) is 16.4. The normalized spacial score (nSPS) is 16.8. The first-order chi connectivity index (χ1) is 14.7. The van der Waals surface area contributed by atoms with E-state index < -0.39 is 0 Å². The Balaban J connectivity index is 1.29. The van der Waals surface area contributed by atoms with Crippen LogP contribution >= 0.6 is 11.6 Å². The van der Waals surface area contributed by atoms with Gasteiger partial charge in [-0.1, -0.05) is 41.9 Å². The highest BCUT2D eigenvalue weighted by molar-refractivity contribution is 6.30. The zero-order valence-corrected chi connectivity index (χ0v) is 17.1. The van der Waals surface area contributed by atoms with Gasteiger partial charge >= 0.3 is 0 Å². The van der Waals surface area contributed by atoms with Gasteiger partial charge in [0.25, 0.3) is 5.91 Å². The van der Waals surface area contributed by atoms with Crippen molar-refractivity contribution < 1.29 is 13.6 Å². The predicted molar refractivity (Wildman–Crippen MR) is 115 cm³/mol. The van der Waals surface area contributed by atoms with Crippen molar-refractivity contribution >= 4 is 28.5 Å². The lowest BCUT2D eigenvalue weighted by Crippen LogP contribution is -2.39. The number of carbonyl (C=O) groups excluding carboxylic acids is 1. The molecule has 1 aliphatic heterocycles. The maximum absolute atomic E-state index is 13.0. The first kappa shape index (κ1) is 18.9. The number of fused-ring (bicyclic) bond motifs is 1. The van der Waals surface area contributed by atoms with Gasteiger partial charge in [-0.25, -0.2) is 4.98 Å². The average Bonchev–Trinajstić information content (AvgIpc) is 3.40. The number of hydrogen-bond donors (Lipinski definition) is 0. The fraction of sp³-hybridized carbons (Fsp3) is 0.250. The van der Waals surface area contributed by atoms with E-state index in [9.17, 15) is 4.79 Å². The molecule has 3 heterocycles. The summed E-state index contributed by atoms with van der Waals surface area (Å²) < 4.78 is 11.8. The minimum absolute atomic E-state index is 0.0818. The molecule has 5 nitrogen and oxygen atoms in total. The third-order valence-corrected chi connectivity index (χ3v) is 5.77. The molecular weight excluding hydrogens is 400 g/mol. The zero-order chi connectivity index (χ0) is 20.5. The van der Waals surface area contributed by atoms with Crippen LogP contribution < -0.4 is 0 Å². The van der Waals surface area contributed by atoms with Crippen LogP contribution in [0.5, 0.6) is 0 Å². The number of halogens is 1. The predicted octanol–water partition coefficient (Wildman–Crippen LogP) is 5.68. The molecule has 0 saturated carbocycles. The molecule has 1 aliphatic rings. The highest BCUT2D eigenvalue weighted by atomic mass is 35.5. The van der Waals surface area contributed by atoms with Crippen molar-refractivity contribution in [2.45, 2.75) is 25.2 Å². The summed E-state index contributed by atoms with van der Waals surface area (Å²) in [6.45, 7) is 1.29. The maximum atomic E-state index is 13.0. The number of hydrogen-bond acceptors (Lipinski definition) is 4. The van der Waals surface area contributed by atoms with E-state index in [0.717, 1.165) is 35.1 Å². The Labute approximate surface area is 179 Å². The third-order valence-electron chi connectivity index (χ3n) is 5.53. The molecule has 0 bridgehead atoms. The first-order valence-electron chi connectivity index (χ1n) is 10.1. The Morgan fingerprint density at radius 2 is 2.03 bits per heavy atom. The molecule has 4 aromatic rings. The van der Waals surface area contributed by atoms with Crippen molar-refractivity contribution in [3.05, 3.63) is 88.8 Å². The summed E-state index contributed by atoms with van der Waals surface area (Å²) in [6.07, 6.45) is 4.27. The molecule has 0 aliphatic carbocycles. The van der Waals surface area contributed by atoms with Gasteiger partial charge in [0.15, 0.2) is 11.7 Å². The Bertz CT molecular complexity index is 1160. The Kier molecular flexibility index (Phi) is 5.05. The van der Waals surface area contributed by atoms with Gasteiger partial charge in [0.1, 0.15) is 11.3 Å². The molecule has 0 N–H and O–H groups in total. The number of nitrogens with zero attached hydrogens (tertiary/aromatic N) is 2. The number of benzene rings is 2. The lowest BCUT2D eigenvalue weighted by molar-refractivity contribution is 0.0668. The van der Waals surface area contributed by atoms with E-state index in [1.54, 1.807) is 6.20 Å². The summed E-state index contributed by atoms with van der Waals surface area (Å²) in [4.78, 5) is 19.3. The van der Waals surface area contributed by atoms with Crippen molar-refractivity contribution in [2.24, 2.45) is 0 Å². The number of oxazole rings is 1. The van der Waals surface area contributed by atoms with Crippen molar-refractivity contribution in [1.29, 1.82) is 0 Å². The SMILES string of the molecule is O=C(c1cc2ccccc2o1)N1CCCC(c2ncc(Cc3cccc(Cl)c3)o2)C1. The molecule has 1 atom stereocenters. The van der Waals surface area contributed by atoms with Gasteiger partial charge in [0, 0.05) is 29.9 Å². The summed E-state index contributed by atoms with van der Waals surface area (Å²) >= 11 is 6.07. The van der Waals surface area contributed by atoms with E-state index in [2.05, 4.69) is 4.98 Å². The topological polar surface area (TPSA) is 59.5 Å². The maximum Gasteiger partial charge on any atom is 0.289 e. The van der Waals surface area contributed by atoms with Crippen LogP contribution in [-0.4, -0.2) is 28.9 Å². The van der Waals surface area contributed by atoms with E-state index in [-0.39, 0.29) is 11.8 Å². The van der Waals surface area contributed by atoms with Crippen LogP contribution in [-0.2, 0) is 6.42 Å². The third kappa shape index (κ3) is 3.85. The monoisotopic (exact) mass is 420 g/mol. The largest absolute Gasteiger partial charge is 0.451 e. The second-order valence-electron chi connectivity index (χ2n) is 7.71. The van der Waals surface area contributed by atoms with Crippen molar-refractivity contribution in [2.75, 3.05) is 13.1 Å². The summed E-state index contributed by atoms with van der Waals surface area (Å²) in [7, 11) is 0. The molecule has 2 aromatic carbocycles. The number of para-hydroxylation sites is 1. The number of piperidine rings is 1. The summed E-state index contributed by atoms with van der Waals surface area (Å²) in [5.74, 6) is 1.87. The molecule has 30 heavy (non-hydrogen) atoms. The van der Waals surface area contributed by atoms with Crippen LogP contribution in [0.15, 0.2) is 69.6 Å². The van der Waals surface area contributed by atoms with Crippen molar-refractivity contribution in [1.82, 2.24) is 9.88 Å². The highest BCUT2D eigenvalue weighted by Gasteiger charge is 2.29. The molecule has 0 radical (unpaired) electrons. The number of likely N-dealkylation sites (tertiary alicyclic amines) is 1. The molecular formula is C24H21ClN2O3. The second kappa shape index (κ2) is 8.00. The number of aromatic nitrogens is 1. The van der Waals surface area contributed by atoms with Gasteiger partial charge in [-0.05, 0) is 42.7 Å². The van der Waals surface area contributed by atoms with Crippen LogP contribution in [0.25, 0.3) is 11.0 Å². The fourth-order valence-corrected chi connectivity index (χ4v) is 4.26. The number of furan rings is 1. The van der Waals surface area contributed by atoms with Gasteiger partial charge in [0.2, 0.25) is 0 Å². The number of carbonyl (C=O) groups is 1. The Morgan fingerprint density at radius 3 is 2.90 bits per heavy atom. The smallest absolute Gasteiger partial charge is 0.289 e. The molecule has 0 spiro atoms. The van der Waals surface area contributed by atoms with Gasteiger partial charge in [0.05, 0.1) is 12.1 Å². The fourth-order valence-electron chi connectivity index (χ4n) is 4.05. The molecule has 6 heteroatoms. The van der Waals surface area contributed by atoms with Crippen LogP contribution in [0.4, 0.5) is 0 Å². The Hall–Kier alpha value is -3.05. The van der Waals surface area contributed by atoms with Gasteiger partial charge in [-0.15, -0.1) is 0 Å². The van der Waals surface area contributed by atoms with Crippen LogP contribution in [0.3, 0.4) is 0 Å². The number of rotatable bonds is 4. The molecule has 1 fully saturated rings. The summed E-state index contributed by atoms with van der Waals surface area (Å²) in [5.41, 5.74) is 1.81. The van der Waals surface area contributed by atoms with E-state index >= 15 is 0 Å². The van der Waals surface area contributed by atoms with Crippen LogP contribution in [0, 0.1) is 0 Å². The van der Waals surface area contributed by atoms with Crippen LogP contribution in [0.2, 0.25) is 5.02 Å². The first-order valence-corrected chi connectivity index (χ1v) is 10.5. The molecule has 1 amide bonds. The van der Waals surface area contributed by atoms with Gasteiger partial charge < -0.3 is 13.7 Å². The molecule has 5 rings (SSSR count). The lowest BCUT2D eigenvalue weighted by atomic mass is 9.98. The van der Waals surface area contributed by atoms with Crippen LogP contribution in [0.1, 0.15) is 46.5 Å². The number of amides is 1. The minimum atomic E-state index is -0.0818. The van der Waals surface area contributed by atoms with E-state index in [4.69, 9.17) is 20.4 Å². The second-order valence-corrected chi connectivity index (χ2v) is 8.15. The lowest BCUT2D eigenvalue weighted by Gasteiger charge is -2.30. The summed E-state index contributed by atoms with van der Waals surface area (Å²) in [5, 5.41) is 1.65. The molecule has 152 valence electrons. The van der Waals surface area contributed by atoms with E-state index in [1.165, 1.54) is 0 Å². The minimum Gasteiger partial charge on any atom is -0.451 e. The standard InChI is InChI=1S/C24H21ClN2O3/c25-19-8-3-5-16(11-19)12-20-14-26-23(29-20)18-7-4-10-27(15-18)24(28)22-13-17-6-1-2-9-21(17)30-22/h1-3,5-6,8-9,11,13-14,18H,4,7,10,12,15H2. The highest BCUT2D eigenvalue weighted by Crippen LogP contribution is 2.29. The average molecular weight is 421 g/mol.